The third kappa shape index (κ3) is 5.33. The van der Waals surface area contributed by atoms with E-state index in [1.54, 1.807) is 0 Å². The summed E-state index contributed by atoms with van der Waals surface area (Å²) in [5, 5.41) is 2.91. The smallest absolute Gasteiger partial charge is 0.228 e. The van der Waals surface area contributed by atoms with Crippen molar-refractivity contribution in [1.29, 1.82) is 0 Å². The Morgan fingerprint density at radius 3 is 2.43 bits per heavy atom. The van der Waals surface area contributed by atoms with E-state index in [0.29, 0.717) is 31.1 Å². The highest BCUT2D eigenvalue weighted by Gasteiger charge is 2.08. The third-order valence-electron chi connectivity index (χ3n) is 3.22. The van der Waals surface area contributed by atoms with Crippen LogP contribution in [0, 0.1) is 0 Å². The molecule has 0 aliphatic heterocycles. The van der Waals surface area contributed by atoms with Crippen molar-refractivity contribution < 1.29 is 14.3 Å². The van der Waals surface area contributed by atoms with E-state index in [1.165, 1.54) is 0 Å². The fourth-order valence-corrected chi connectivity index (χ4v) is 2.16. The average Bonchev–Trinajstić information content (AvgIpc) is 2.56. The molecule has 0 atom stereocenters. The number of benzene rings is 2. The number of amides is 1. The second kappa shape index (κ2) is 8.83. The Kier molecular flexibility index (Phi) is 6.48. The second-order valence-corrected chi connectivity index (χ2v) is 5.15. The minimum Gasteiger partial charge on any atom is -0.494 e. The summed E-state index contributed by atoms with van der Waals surface area (Å²) in [6, 6.07) is 15.1. The highest BCUT2D eigenvalue weighted by Crippen LogP contribution is 2.24. The molecule has 1 N–H and O–H groups in total. The standard InChI is InChI=1S/C19H23NO3/c1-3-13-23-18-8-6-5-7-17(18)20-19(21)14-15-9-11-16(12-10-15)22-4-2/h5-12H,3-4,13-14H2,1-2H3,(H,20,21). The van der Waals surface area contributed by atoms with Gasteiger partial charge in [-0.15, -0.1) is 0 Å². The predicted molar refractivity (Wildman–Crippen MR) is 92.2 cm³/mol. The molecular weight excluding hydrogens is 290 g/mol. The number of hydrogen-bond donors (Lipinski definition) is 1. The van der Waals surface area contributed by atoms with Crippen LogP contribution in [-0.2, 0) is 11.2 Å². The number of rotatable bonds is 8. The van der Waals surface area contributed by atoms with Gasteiger partial charge in [-0.1, -0.05) is 31.2 Å². The van der Waals surface area contributed by atoms with Crippen LogP contribution in [-0.4, -0.2) is 19.1 Å². The van der Waals surface area contributed by atoms with E-state index in [9.17, 15) is 4.79 Å². The van der Waals surface area contributed by atoms with Crippen molar-refractivity contribution in [2.75, 3.05) is 18.5 Å². The molecule has 23 heavy (non-hydrogen) atoms. The van der Waals surface area contributed by atoms with E-state index in [-0.39, 0.29) is 5.91 Å². The molecule has 1 amide bonds. The van der Waals surface area contributed by atoms with Crippen LogP contribution >= 0.6 is 0 Å². The summed E-state index contributed by atoms with van der Waals surface area (Å²) in [6.07, 6.45) is 1.24. The van der Waals surface area contributed by atoms with Crippen molar-refractivity contribution in [3.63, 3.8) is 0 Å². The largest absolute Gasteiger partial charge is 0.494 e. The average molecular weight is 313 g/mol. The molecule has 0 aliphatic carbocycles. The Morgan fingerprint density at radius 2 is 1.74 bits per heavy atom. The minimum atomic E-state index is -0.0679. The molecule has 0 fully saturated rings. The van der Waals surface area contributed by atoms with Crippen molar-refractivity contribution in [2.24, 2.45) is 0 Å². The highest BCUT2D eigenvalue weighted by atomic mass is 16.5. The molecule has 0 spiro atoms. The van der Waals surface area contributed by atoms with Crippen molar-refractivity contribution in [1.82, 2.24) is 0 Å². The fraction of sp³-hybridized carbons (Fsp3) is 0.316. The lowest BCUT2D eigenvalue weighted by Gasteiger charge is -2.12. The minimum absolute atomic E-state index is 0.0679. The first kappa shape index (κ1) is 16.9. The molecule has 0 aliphatic rings. The van der Waals surface area contributed by atoms with Crippen LogP contribution < -0.4 is 14.8 Å². The van der Waals surface area contributed by atoms with Crippen molar-refractivity contribution >= 4 is 11.6 Å². The summed E-state index contributed by atoms with van der Waals surface area (Å²) in [5.74, 6) is 1.45. The van der Waals surface area contributed by atoms with Gasteiger partial charge in [0.2, 0.25) is 5.91 Å². The summed E-state index contributed by atoms with van der Waals surface area (Å²) in [4.78, 5) is 12.2. The number of ether oxygens (including phenoxy) is 2. The number of hydrogen-bond acceptors (Lipinski definition) is 3. The summed E-state index contributed by atoms with van der Waals surface area (Å²) in [6.45, 7) is 5.26. The topological polar surface area (TPSA) is 47.6 Å². The summed E-state index contributed by atoms with van der Waals surface area (Å²) < 4.78 is 11.0. The van der Waals surface area contributed by atoms with Gasteiger partial charge in [-0.25, -0.2) is 0 Å². The van der Waals surface area contributed by atoms with Gasteiger partial charge in [0.25, 0.3) is 0 Å². The molecule has 0 radical (unpaired) electrons. The van der Waals surface area contributed by atoms with Crippen LogP contribution in [0.15, 0.2) is 48.5 Å². The zero-order valence-electron chi connectivity index (χ0n) is 13.7. The fourth-order valence-electron chi connectivity index (χ4n) is 2.16. The van der Waals surface area contributed by atoms with E-state index in [1.807, 2.05) is 62.4 Å². The molecule has 2 rings (SSSR count). The van der Waals surface area contributed by atoms with Gasteiger partial charge >= 0.3 is 0 Å². The molecule has 0 saturated heterocycles. The van der Waals surface area contributed by atoms with Gasteiger partial charge < -0.3 is 14.8 Å². The lowest BCUT2D eigenvalue weighted by molar-refractivity contribution is -0.115. The van der Waals surface area contributed by atoms with Crippen LogP contribution in [0.1, 0.15) is 25.8 Å². The van der Waals surface area contributed by atoms with Crippen LogP contribution in [0.2, 0.25) is 0 Å². The lowest BCUT2D eigenvalue weighted by atomic mass is 10.1. The van der Waals surface area contributed by atoms with E-state index in [2.05, 4.69) is 5.32 Å². The Balaban J connectivity index is 1.96. The van der Waals surface area contributed by atoms with E-state index in [4.69, 9.17) is 9.47 Å². The quantitative estimate of drug-likeness (QED) is 0.799. The van der Waals surface area contributed by atoms with E-state index >= 15 is 0 Å². The molecule has 4 nitrogen and oxygen atoms in total. The van der Waals surface area contributed by atoms with Crippen molar-refractivity contribution in [3.8, 4) is 11.5 Å². The third-order valence-corrected chi connectivity index (χ3v) is 3.22. The SMILES string of the molecule is CCCOc1ccccc1NC(=O)Cc1ccc(OCC)cc1. The zero-order chi connectivity index (χ0) is 16.5. The maximum Gasteiger partial charge on any atom is 0.228 e. The van der Waals surface area contributed by atoms with Gasteiger partial charge in [0, 0.05) is 0 Å². The highest BCUT2D eigenvalue weighted by molar-refractivity contribution is 5.93. The van der Waals surface area contributed by atoms with Crippen LogP contribution in [0.25, 0.3) is 0 Å². The van der Waals surface area contributed by atoms with E-state index in [0.717, 1.165) is 17.7 Å². The first-order valence-electron chi connectivity index (χ1n) is 7.96. The summed E-state index contributed by atoms with van der Waals surface area (Å²) >= 11 is 0. The first-order valence-corrected chi connectivity index (χ1v) is 7.96. The van der Waals surface area contributed by atoms with Gasteiger partial charge in [0.05, 0.1) is 25.3 Å². The molecule has 0 unspecified atom stereocenters. The summed E-state index contributed by atoms with van der Waals surface area (Å²) in [7, 11) is 0. The summed E-state index contributed by atoms with van der Waals surface area (Å²) in [5.41, 5.74) is 1.65. The molecule has 0 bridgehead atoms. The second-order valence-electron chi connectivity index (χ2n) is 5.15. The molecule has 2 aromatic carbocycles. The molecular formula is C19H23NO3. The normalized spacial score (nSPS) is 10.2. The maximum absolute atomic E-state index is 12.2. The van der Waals surface area contributed by atoms with Gasteiger partial charge in [-0.2, -0.15) is 0 Å². The van der Waals surface area contributed by atoms with Crippen molar-refractivity contribution in [2.45, 2.75) is 26.7 Å². The molecule has 4 heteroatoms. The first-order chi connectivity index (χ1) is 11.2. The van der Waals surface area contributed by atoms with Gasteiger partial charge in [0.1, 0.15) is 11.5 Å². The molecule has 0 aromatic heterocycles. The van der Waals surface area contributed by atoms with Crippen molar-refractivity contribution in [3.05, 3.63) is 54.1 Å². The monoisotopic (exact) mass is 313 g/mol. The van der Waals surface area contributed by atoms with E-state index < -0.39 is 0 Å². The molecule has 2 aromatic rings. The number of carbonyl (C=O) groups is 1. The number of anilines is 1. The number of carbonyl (C=O) groups excluding carboxylic acids is 1. The maximum atomic E-state index is 12.2. The van der Waals surface area contributed by atoms with Crippen LogP contribution in [0.5, 0.6) is 11.5 Å². The Hall–Kier alpha value is -2.49. The van der Waals surface area contributed by atoms with Crippen LogP contribution in [0.3, 0.4) is 0 Å². The Bertz CT molecular complexity index is 623. The lowest BCUT2D eigenvalue weighted by Crippen LogP contribution is -2.15. The Morgan fingerprint density at radius 1 is 1.00 bits per heavy atom. The predicted octanol–water partition coefficient (Wildman–Crippen LogP) is 4.06. The van der Waals surface area contributed by atoms with Gasteiger partial charge in [0.15, 0.2) is 0 Å². The van der Waals surface area contributed by atoms with Gasteiger partial charge in [-0.05, 0) is 43.2 Å². The van der Waals surface area contributed by atoms with Crippen LogP contribution in [0.4, 0.5) is 5.69 Å². The molecule has 0 saturated carbocycles. The molecule has 122 valence electrons. The zero-order valence-corrected chi connectivity index (χ0v) is 13.7. The van der Waals surface area contributed by atoms with Gasteiger partial charge in [-0.3, -0.25) is 4.79 Å². The Labute approximate surface area is 137 Å². The number of para-hydroxylation sites is 2. The number of nitrogens with one attached hydrogen (secondary N) is 1. The molecule has 0 heterocycles.